The molecule has 2 fully saturated rings. The van der Waals surface area contributed by atoms with Gasteiger partial charge in [-0.2, -0.15) is 0 Å². The molecule has 0 aromatic heterocycles. The number of rotatable bonds is 8. The number of hydrogen-bond donors (Lipinski definition) is 3. The van der Waals surface area contributed by atoms with Crippen LogP contribution in [0.2, 0.25) is 0 Å². The highest BCUT2D eigenvalue weighted by molar-refractivity contribution is 5.92. The molecule has 170 valence electrons. The van der Waals surface area contributed by atoms with Gasteiger partial charge in [0.25, 0.3) is 0 Å². The van der Waals surface area contributed by atoms with E-state index in [1.807, 2.05) is 42.5 Å². The summed E-state index contributed by atoms with van der Waals surface area (Å²) in [5, 5.41) is 6.55. The van der Waals surface area contributed by atoms with E-state index in [0.717, 1.165) is 68.6 Å². The van der Waals surface area contributed by atoms with Gasteiger partial charge in [-0.05, 0) is 61.9 Å². The van der Waals surface area contributed by atoms with Crippen LogP contribution in [0, 0.1) is 5.92 Å². The van der Waals surface area contributed by atoms with Crippen molar-refractivity contribution in [3.63, 3.8) is 0 Å². The molecule has 4 N–H and O–H groups in total. The van der Waals surface area contributed by atoms with Gasteiger partial charge in [0.1, 0.15) is 0 Å². The predicted molar refractivity (Wildman–Crippen MR) is 129 cm³/mol. The summed E-state index contributed by atoms with van der Waals surface area (Å²) in [6.45, 7) is 1.84. The number of carbonyl (C=O) groups is 2. The maximum Gasteiger partial charge on any atom is 0.234 e. The molecular formula is C26H34N4O2. The first-order valence-corrected chi connectivity index (χ1v) is 11.8. The van der Waals surface area contributed by atoms with Gasteiger partial charge < -0.3 is 21.3 Å². The van der Waals surface area contributed by atoms with Crippen LogP contribution in [0.4, 0.5) is 11.4 Å². The fraction of sp³-hybridized carbons (Fsp3) is 0.462. The second-order valence-electron chi connectivity index (χ2n) is 9.09. The van der Waals surface area contributed by atoms with E-state index in [9.17, 15) is 9.59 Å². The Balaban J connectivity index is 1.26. The zero-order valence-corrected chi connectivity index (χ0v) is 18.6. The van der Waals surface area contributed by atoms with Crippen molar-refractivity contribution in [3.05, 3.63) is 60.2 Å². The van der Waals surface area contributed by atoms with E-state index >= 15 is 0 Å². The normalized spacial score (nSPS) is 18.4. The fourth-order valence-electron chi connectivity index (χ4n) is 4.87. The molecule has 0 spiro atoms. The van der Waals surface area contributed by atoms with E-state index in [1.165, 1.54) is 0 Å². The number of benzene rings is 2. The van der Waals surface area contributed by atoms with Crippen LogP contribution in [0.3, 0.4) is 0 Å². The molecular weight excluding hydrogens is 400 g/mol. The minimum Gasteiger partial charge on any atom is -0.371 e. The van der Waals surface area contributed by atoms with E-state index in [0.29, 0.717) is 6.42 Å². The Hall–Kier alpha value is -2.86. The van der Waals surface area contributed by atoms with Crippen LogP contribution >= 0.6 is 0 Å². The summed E-state index contributed by atoms with van der Waals surface area (Å²) in [5.74, 6) is 0.0282. The molecule has 2 aromatic rings. The van der Waals surface area contributed by atoms with Gasteiger partial charge >= 0.3 is 0 Å². The smallest absolute Gasteiger partial charge is 0.234 e. The molecule has 1 heterocycles. The molecule has 0 unspecified atom stereocenters. The van der Waals surface area contributed by atoms with Gasteiger partial charge in [-0.25, -0.2) is 0 Å². The van der Waals surface area contributed by atoms with Crippen LogP contribution in [0.15, 0.2) is 54.6 Å². The third-order valence-corrected chi connectivity index (χ3v) is 6.78. The Labute approximate surface area is 190 Å². The van der Waals surface area contributed by atoms with E-state index in [2.05, 4.69) is 27.7 Å². The Bertz CT molecular complexity index is 886. The summed E-state index contributed by atoms with van der Waals surface area (Å²) in [7, 11) is 0. The predicted octanol–water partition coefficient (Wildman–Crippen LogP) is 3.47. The summed E-state index contributed by atoms with van der Waals surface area (Å²) in [6.07, 6.45) is 6.87. The SMILES string of the molecule is NC(=O)[C@H](Cc1ccccc1)NC1CCN(c2ccc(NC(=O)C3CCCC3)cc2)CC1. The van der Waals surface area contributed by atoms with Crippen molar-refractivity contribution in [2.24, 2.45) is 11.7 Å². The van der Waals surface area contributed by atoms with Crippen LogP contribution in [-0.2, 0) is 16.0 Å². The van der Waals surface area contributed by atoms with E-state index < -0.39 is 0 Å². The molecule has 2 amide bonds. The summed E-state index contributed by atoms with van der Waals surface area (Å²) in [4.78, 5) is 26.7. The largest absolute Gasteiger partial charge is 0.371 e. The summed E-state index contributed by atoms with van der Waals surface area (Å²) in [5.41, 5.74) is 8.81. The van der Waals surface area contributed by atoms with Crippen molar-refractivity contribution in [3.8, 4) is 0 Å². The molecule has 1 aliphatic heterocycles. The number of nitrogens with zero attached hydrogens (tertiary/aromatic N) is 1. The Morgan fingerprint density at radius 3 is 2.22 bits per heavy atom. The molecule has 6 heteroatoms. The summed E-state index contributed by atoms with van der Waals surface area (Å²) < 4.78 is 0. The molecule has 0 radical (unpaired) electrons. The average Bonchev–Trinajstić information content (AvgIpc) is 3.36. The third-order valence-electron chi connectivity index (χ3n) is 6.78. The second kappa shape index (κ2) is 10.6. The van der Waals surface area contributed by atoms with Gasteiger partial charge in [0.2, 0.25) is 11.8 Å². The first kappa shape index (κ1) is 22.3. The quantitative estimate of drug-likeness (QED) is 0.594. The van der Waals surface area contributed by atoms with Crippen molar-refractivity contribution in [2.75, 3.05) is 23.3 Å². The van der Waals surface area contributed by atoms with Gasteiger partial charge in [0, 0.05) is 36.4 Å². The highest BCUT2D eigenvalue weighted by Gasteiger charge is 2.25. The standard InChI is InChI=1S/C26H34N4O2/c27-25(31)24(18-19-6-2-1-3-7-19)28-22-14-16-30(17-15-22)23-12-10-21(11-13-23)29-26(32)20-8-4-5-9-20/h1-3,6-7,10-13,20,22,24,28H,4-5,8-9,14-18H2,(H2,27,31)(H,29,32)/t24-/m0/s1. The van der Waals surface area contributed by atoms with Gasteiger partial charge in [-0.3, -0.25) is 9.59 Å². The molecule has 2 aromatic carbocycles. The van der Waals surface area contributed by atoms with Gasteiger partial charge in [0.15, 0.2) is 0 Å². The van der Waals surface area contributed by atoms with Crippen LogP contribution in [-0.4, -0.2) is 37.0 Å². The highest BCUT2D eigenvalue weighted by atomic mass is 16.2. The van der Waals surface area contributed by atoms with Crippen LogP contribution < -0.4 is 21.3 Å². The molecule has 0 bridgehead atoms. The molecule has 32 heavy (non-hydrogen) atoms. The number of anilines is 2. The fourth-order valence-corrected chi connectivity index (χ4v) is 4.87. The first-order valence-electron chi connectivity index (χ1n) is 11.8. The molecule has 2 aliphatic rings. The lowest BCUT2D eigenvalue weighted by Gasteiger charge is -2.35. The van der Waals surface area contributed by atoms with Crippen molar-refractivity contribution in [1.82, 2.24) is 5.32 Å². The summed E-state index contributed by atoms with van der Waals surface area (Å²) in [6, 6.07) is 18.1. The molecule has 1 aliphatic carbocycles. The van der Waals surface area contributed by atoms with Gasteiger partial charge in [-0.1, -0.05) is 43.2 Å². The molecule has 1 atom stereocenters. The van der Waals surface area contributed by atoms with E-state index in [1.54, 1.807) is 0 Å². The van der Waals surface area contributed by atoms with Crippen LogP contribution in [0.25, 0.3) is 0 Å². The Morgan fingerprint density at radius 1 is 0.938 bits per heavy atom. The maximum atomic E-state index is 12.3. The van der Waals surface area contributed by atoms with E-state index in [-0.39, 0.29) is 29.8 Å². The topological polar surface area (TPSA) is 87.5 Å². The average molecular weight is 435 g/mol. The first-order chi connectivity index (χ1) is 15.6. The van der Waals surface area contributed by atoms with Gasteiger partial charge in [-0.15, -0.1) is 0 Å². The highest BCUT2D eigenvalue weighted by Crippen LogP contribution is 2.27. The van der Waals surface area contributed by atoms with Crippen molar-refractivity contribution in [2.45, 2.75) is 57.0 Å². The zero-order chi connectivity index (χ0) is 22.3. The lowest BCUT2D eigenvalue weighted by Crippen LogP contribution is -2.51. The molecule has 4 rings (SSSR count). The van der Waals surface area contributed by atoms with Crippen LogP contribution in [0.5, 0.6) is 0 Å². The van der Waals surface area contributed by atoms with Crippen molar-refractivity contribution < 1.29 is 9.59 Å². The minimum absolute atomic E-state index is 0.154. The lowest BCUT2D eigenvalue weighted by atomic mass is 10.00. The maximum absolute atomic E-state index is 12.3. The number of amides is 2. The number of hydrogen-bond acceptors (Lipinski definition) is 4. The van der Waals surface area contributed by atoms with E-state index in [4.69, 9.17) is 5.73 Å². The van der Waals surface area contributed by atoms with Crippen LogP contribution in [0.1, 0.15) is 44.1 Å². The number of carbonyl (C=O) groups excluding carboxylic acids is 2. The Kier molecular flexibility index (Phi) is 7.43. The summed E-state index contributed by atoms with van der Waals surface area (Å²) >= 11 is 0. The van der Waals surface area contributed by atoms with Gasteiger partial charge in [0.05, 0.1) is 6.04 Å². The third kappa shape index (κ3) is 5.88. The minimum atomic E-state index is -0.350. The zero-order valence-electron chi connectivity index (χ0n) is 18.6. The number of piperidine rings is 1. The number of nitrogens with one attached hydrogen (secondary N) is 2. The van der Waals surface area contributed by atoms with Crippen molar-refractivity contribution in [1.29, 1.82) is 0 Å². The second-order valence-corrected chi connectivity index (χ2v) is 9.09. The number of primary amides is 1. The molecule has 1 saturated heterocycles. The number of nitrogens with two attached hydrogens (primary N) is 1. The molecule has 6 nitrogen and oxygen atoms in total. The lowest BCUT2D eigenvalue weighted by molar-refractivity contribution is -0.120. The van der Waals surface area contributed by atoms with Crippen molar-refractivity contribution >= 4 is 23.2 Å². The Morgan fingerprint density at radius 2 is 1.59 bits per heavy atom. The molecule has 1 saturated carbocycles. The monoisotopic (exact) mass is 434 g/mol.